The van der Waals surface area contributed by atoms with Crippen molar-refractivity contribution in [3.63, 3.8) is 0 Å². The summed E-state index contributed by atoms with van der Waals surface area (Å²) in [4.78, 5) is 17.0. The van der Waals surface area contributed by atoms with Gasteiger partial charge in [0, 0.05) is 32.0 Å². The Balaban J connectivity index is 2.15. The van der Waals surface area contributed by atoms with Gasteiger partial charge in [0.2, 0.25) is 0 Å². The fraction of sp³-hybridized carbons (Fsp3) is 0.417. The molecule has 2 aromatic carbocycles. The molecule has 0 aliphatic carbocycles. The number of benzene rings is 2. The molecule has 174 valence electrons. The monoisotopic (exact) mass is 452 g/mol. The number of halogens is 4. The Hall–Kier alpha value is -2.90. The lowest BCUT2D eigenvalue weighted by molar-refractivity contribution is -0.115. The Labute approximate surface area is 185 Å². The molecule has 1 atom stereocenters. The number of carbonyl (C=O) groups excluding carboxylic acids is 1. The molecule has 0 aliphatic heterocycles. The summed E-state index contributed by atoms with van der Waals surface area (Å²) < 4.78 is 58.3. The highest BCUT2D eigenvalue weighted by Gasteiger charge is 2.27. The minimum atomic E-state index is -2.98. The SMILES string of the molecule is CCc1cc(C(C)(F)F)ccc1C(=NC)C(=O)N[C@H](C)c1ccc(OCC(C)(F)F)cc1. The van der Waals surface area contributed by atoms with Gasteiger partial charge >= 0.3 is 0 Å². The molecule has 0 aliphatic rings. The Bertz CT molecular complexity index is 961. The van der Waals surface area contributed by atoms with E-state index in [1.165, 1.54) is 25.2 Å². The van der Waals surface area contributed by atoms with E-state index in [2.05, 4.69) is 10.3 Å². The van der Waals surface area contributed by atoms with Gasteiger partial charge in [-0.2, -0.15) is 0 Å². The number of nitrogens with one attached hydrogen (secondary N) is 1. The minimum absolute atomic E-state index is 0.120. The predicted octanol–water partition coefficient (Wildman–Crippen LogP) is 5.69. The largest absolute Gasteiger partial charge is 0.487 e. The average Bonchev–Trinajstić information content (AvgIpc) is 2.72. The maximum absolute atomic E-state index is 13.7. The van der Waals surface area contributed by atoms with Crippen LogP contribution >= 0.6 is 0 Å². The van der Waals surface area contributed by atoms with Crippen LogP contribution < -0.4 is 10.1 Å². The Morgan fingerprint density at radius 1 is 1.09 bits per heavy atom. The average molecular weight is 452 g/mol. The first kappa shape index (κ1) is 25.4. The van der Waals surface area contributed by atoms with Crippen LogP contribution in [0.2, 0.25) is 0 Å². The summed E-state index contributed by atoms with van der Waals surface area (Å²) >= 11 is 0. The van der Waals surface area contributed by atoms with Gasteiger partial charge < -0.3 is 10.1 Å². The molecule has 0 unspecified atom stereocenters. The summed E-state index contributed by atoms with van der Waals surface area (Å²) in [5.41, 5.74) is 1.86. The fourth-order valence-corrected chi connectivity index (χ4v) is 3.15. The normalized spacial score (nSPS) is 13.6. The van der Waals surface area contributed by atoms with Crippen LogP contribution in [0.1, 0.15) is 56.0 Å². The summed E-state index contributed by atoms with van der Waals surface area (Å²) in [6.07, 6.45) is 0.458. The van der Waals surface area contributed by atoms with Crippen LogP contribution in [0.15, 0.2) is 47.5 Å². The van der Waals surface area contributed by atoms with E-state index in [9.17, 15) is 22.4 Å². The molecule has 0 bridgehead atoms. The van der Waals surface area contributed by atoms with Crippen LogP contribution in [0, 0.1) is 0 Å². The predicted molar refractivity (Wildman–Crippen MR) is 117 cm³/mol. The van der Waals surface area contributed by atoms with Crippen LogP contribution in [0.4, 0.5) is 17.6 Å². The highest BCUT2D eigenvalue weighted by molar-refractivity contribution is 6.45. The molecule has 0 spiro atoms. The first-order valence-corrected chi connectivity index (χ1v) is 10.3. The van der Waals surface area contributed by atoms with Crippen molar-refractivity contribution in [3.8, 4) is 5.75 Å². The van der Waals surface area contributed by atoms with Gasteiger partial charge in [0.15, 0.2) is 6.61 Å². The number of alkyl halides is 4. The summed E-state index contributed by atoms with van der Waals surface area (Å²) in [5.74, 6) is -6.06. The lowest BCUT2D eigenvalue weighted by Gasteiger charge is -2.19. The number of aliphatic imine (C=N–C) groups is 1. The molecular formula is C24H28F4N2O2. The molecule has 2 aromatic rings. The maximum atomic E-state index is 13.7. The summed E-state index contributed by atoms with van der Waals surface area (Å²) in [7, 11) is 1.47. The van der Waals surface area contributed by atoms with E-state index in [-0.39, 0.29) is 11.3 Å². The van der Waals surface area contributed by atoms with Crippen LogP contribution in [0.25, 0.3) is 0 Å². The van der Waals surface area contributed by atoms with E-state index in [0.717, 1.165) is 19.4 Å². The topological polar surface area (TPSA) is 50.7 Å². The minimum Gasteiger partial charge on any atom is -0.487 e. The van der Waals surface area contributed by atoms with E-state index in [1.807, 2.05) is 6.92 Å². The quantitative estimate of drug-likeness (QED) is 0.393. The third-order valence-electron chi connectivity index (χ3n) is 4.91. The number of nitrogens with zero attached hydrogens (tertiary/aromatic N) is 1. The first-order chi connectivity index (χ1) is 14.9. The third-order valence-corrected chi connectivity index (χ3v) is 4.91. The van der Waals surface area contributed by atoms with Gasteiger partial charge in [0.05, 0.1) is 6.04 Å². The van der Waals surface area contributed by atoms with Crippen molar-refractivity contribution in [1.82, 2.24) is 5.32 Å². The van der Waals surface area contributed by atoms with E-state index < -0.39 is 30.4 Å². The van der Waals surface area contributed by atoms with Gasteiger partial charge in [0.25, 0.3) is 17.8 Å². The van der Waals surface area contributed by atoms with Gasteiger partial charge in [-0.3, -0.25) is 9.79 Å². The van der Waals surface area contributed by atoms with E-state index >= 15 is 0 Å². The third kappa shape index (κ3) is 6.80. The second-order valence-electron chi connectivity index (χ2n) is 7.81. The molecule has 8 heteroatoms. The molecular weight excluding hydrogens is 424 g/mol. The highest BCUT2D eigenvalue weighted by atomic mass is 19.3. The number of carbonyl (C=O) groups is 1. The van der Waals surface area contributed by atoms with Crippen molar-refractivity contribution in [2.24, 2.45) is 4.99 Å². The lowest BCUT2D eigenvalue weighted by Crippen LogP contribution is -2.34. The van der Waals surface area contributed by atoms with Gasteiger partial charge in [-0.1, -0.05) is 31.2 Å². The molecule has 2 rings (SSSR count). The Morgan fingerprint density at radius 2 is 1.72 bits per heavy atom. The van der Waals surface area contributed by atoms with E-state index in [4.69, 9.17) is 4.74 Å². The lowest BCUT2D eigenvalue weighted by atomic mass is 9.95. The second-order valence-corrected chi connectivity index (χ2v) is 7.81. The molecule has 1 amide bonds. The van der Waals surface area contributed by atoms with Crippen molar-refractivity contribution >= 4 is 11.6 Å². The molecule has 0 saturated heterocycles. The number of rotatable bonds is 9. The zero-order valence-electron chi connectivity index (χ0n) is 18.8. The molecule has 0 heterocycles. The van der Waals surface area contributed by atoms with Crippen LogP contribution in [0.3, 0.4) is 0 Å². The zero-order chi connectivity index (χ0) is 24.1. The highest BCUT2D eigenvalue weighted by Crippen LogP contribution is 2.29. The summed E-state index contributed by atoms with van der Waals surface area (Å²) in [6.45, 7) is 4.47. The summed E-state index contributed by atoms with van der Waals surface area (Å²) in [6, 6.07) is 10.2. The number of ether oxygens (including phenoxy) is 1. The number of hydrogen-bond donors (Lipinski definition) is 1. The molecule has 0 saturated carbocycles. The molecule has 32 heavy (non-hydrogen) atoms. The van der Waals surface area contributed by atoms with Gasteiger partial charge in [0.1, 0.15) is 11.5 Å². The van der Waals surface area contributed by atoms with Crippen LogP contribution in [0.5, 0.6) is 5.75 Å². The van der Waals surface area contributed by atoms with Crippen molar-refractivity contribution in [3.05, 3.63) is 64.7 Å². The van der Waals surface area contributed by atoms with Crippen molar-refractivity contribution < 1.29 is 27.1 Å². The zero-order valence-corrected chi connectivity index (χ0v) is 18.8. The fourth-order valence-electron chi connectivity index (χ4n) is 3.15. The molecule has 1 N–H and O–H groups in total. The number of amides is 1. The van der Waals surface area contributed by atoms with Crippen LogP contribution in [-0.2, 0) is 17.1 Å². The maximum Gasteiger partial charge on any atom is 0.278 e. The van der Waals surface area contributed by atoms with Gasteiger partial charge in [-0.05, 0) is 42.7 Å². The van der Waals surface area contributed by atoms with E-state index in [0.29, 0.717) is 23.3 Å². The van der Waals surface area contributed by atoms with Crippen molar-refractivity contribution in [2.75, 3.05) is 13.7 Å². The van der Waals surface area contributed by atoms with Gasteiger partial charge in [-0.15, -0.1) is 0 Å². The molecule has 0 fully saturated rings. The summed E-state index contributed by atoms with van der Waals surface area (Å²) in [5, 5.41) is 2.84. The molecule has 0 aromatic heterocycles. The van der Waals surface area contributed by atoms with Gasteiger partial charge in [-0.25, -0.2) is 17.6 Å². The Morgan fingerprint density at radius 3 is 2.22 bits per heavy atom. The molecule has 4 nitrogen and oxygen atoms in total. The number of aryl methyl sites for hydroxylation is 1. The van der Waals surface area contributed by atoms with Crippen LogP contribution in [-0.4, -0.2) is 31.2 Å². The first-order valence-electron chi connectivity index (χ1n) is 10.3. The van der Waals surface area contributed by atoms with Crippen molar-refractivity contribution in [2.45, 2.75) is 52.0 Å². The molecule has 0 radical (unpaired) electrons. The standard InChI is InChI=1S/C24H28F4N2O2/c1-6-16-13-18(24(4,27)28)9-12-20(16)21(29-5)22(31)30-15(2)17-7-10-19(11-8-17)32-14-23(3,25)26/h7-13,15H,6,14H2,1-5H3,(H,30,31)/t15-/m1/s1. The second kappa shape index (κ2) is 10.1. The van der Waals surface area contributed by atoms with Crippen molar-refractivity contribution in [1.29, 1.82) is 0 Å². The Kier molecular flexibility index (Phi) is 8.04. The number of hydrogen-bond acceptors (Lipinski definition) is 3. The van der Waals surface area contributed by atoms with E-state index in [1.54, 1.807) is 31.2 Å². The smallest absolute Gasteiger partial charge is 0.278 e.